The molecule has 2 heterocycles. The summed E-state index contributed by atoms with van der Waals surface area (Å²) in [5, 5.41) is 6.20. The molecule has 160 valence electrons. The van der Waals surface area contributed by atoms with Crippen LogP contribution in [0.25, 0.3) is 0 Å². The molecule has 2 aliphatic heterocycles. The van der Waals surface area contributed by atoms with E-state index in [2.05, 4.69) is 34.6 Å². The van der Waals surface area contributed by atoms with Crippen LogP contribution in [0.5, 0.6) is 0 Å². The Morgan fingerprint density at radius 1 is 1.21 bits per heavy atom. The minimum absolute atomic E-state index is 0. The maximum atomic E-state index is 13.0. The number of piperidine rings is 1. The SMILES string of the molecule is CC1CC(NC(=O)C2(S(C)(=O)=O)CCNCC2)CN1Cc1ccccc1.Cl.Cl. The van der Waals surface area contributed by atoms with Gasteiger partial charge in [-0.15, -0.1) is 24.8 Å². The average molecular weight is 452 g/mol. The molecule has 0 radical (unpaired) electrons. The summed E-state index contributed by atoms with van der Waals surface area (Å²) in [6.45, 7) is 4.87. The number of nitrogens with one attached hydrogen (secondary N) is 2. The Bertz CT molecular complexity index is 740. The van der Waals surface area contributed by atoms with E-state index in [0.717, 1.165) is 19.5 Å². The number of likely N-dealkylation sites (tertiary alicyclic amines) is 1. The Morgan fingerprint density at radius 2 is 1.82 bits per heavy atom. The first-order valence-electron chi connectivity index (χ1n) is 9.31. The Labute approximate surface area is 180 Å². The molecule has 2 fully saturated rings. The first-order valence-corrected chi connectivity index (χ1v) is 11.2. The summed E-state index contributed by atoms with van der Waals surface area (Å²) < 4.78 is 23.5. The van der Waals surface area contributed by atoms with Crippen LogP contribution in [0.2, 0.25) is 0 Å². The maximum Gasteiger partial charge on any atom is 0.241 e. The van der Waals surface area contributed by atoms with Gasteiger partial charge in [0.25, 0.3) is 0 Å². The van der Waals surface area contributed by atoms with Gasteiger partial charge in [0.15, 0.2) is 14.6 Å². The molecule has 2 atom stereocenters. The average Bonchev–Trinajstić information content (AvgIpc) is 2.94. The Balaban J connectivity index is 0.00000196. The highest BCUT2D eigenvalue weighted by molar-refractivity contribution is 7.92. The Hall–Kier alpha value is -0.860. The van der Waals surface area contributed by atoms with Crippen LogP contribution in [0.4, 0.5) is 0 Å². The molecular weight excluding hydrogens is 421 g/mol. The van der Waals surface area contributed by atoms with Gasteiger partial charge in [-0.05, 0) is 44.8 Å². The van der Waals surface area contributed by atoms with Crippen LogP contribution in [-0.2, 0) is 21.2 Å². The van der Waals surface area contributed by atoms with Crippen molar-refractivity contribution in [1.82, 2.24) is 15.5 Å². The third-order valence-corrected chi connectivity index (χ3v) is 7.82. The lowest BCUT2D eigenvalue weighted by Gasteiger charge is -2.35. The molecule has 1 amide bonds. The van der Waals surface area contributed by atoms with Crippen molar-refractivity contribution >= 4 is 40.6 Å². The van der Waals surface area contributed by atoms with Gasteiger partial charge < -0.3 is 10.6 Å². The van der Waals surface area contributed by atoms with E-state index in [1.165, 1.54) is 11.8 Å². The molecule has 28 heavy (non-hydrogen) atoms. The molecule has 2 aliphatic rings. The van der Waals surface area contributed by atoms with Gasteiger partial charge in [0.2, 0.25) is 5.91 Å². The van der Waals surface area contributed by atoms with Crippen LogP contribution in [0.1, 0.15) is 31.7 Å². The second-order valence-corrected chi connectivity index (χ2v) is 10.0. The number of nitrogens with zero attached hydrogens (tertiary/aromatic N) is 1. The minimum Gasteiger partial charge on any atom is -0.351 e. The van der Waals surface area contributed by atoms with Crippen LogP contribution in [0, 0.1) is 0 Å². The summed E-state index contributed by atoms with van der Waals surface area (Å²) in [4.78, 5) is 15.3. The molecule has 2 N–H and O–H groups in total. The van der Waals surface area contributed by atoms with Crippen LogP contribution in [0.15, 0.2) is 30.3 Å². The van der Waals surface area contributed by atoms with Crippen molar-refractivity contribution in [2.24, 2.45) is 0 Å². The Morgan fingerprint density at radius 3 is 2.39 bits per heavy atom. The zero-order valence-corrected chi connectivity index (χ0v) is 18.8. The van der Waals surface area contributed by atoms with Crippen molar-refractivity contribution in [2.45, 2.75) is 49.6 Å². The molecule has 9 heteroatoms. The van der Waals surface area contributed by atoms with E-state index in [9.17, 15) is 13.2 Å². The largest absolute Gasteiger partial charge is 0.351 e. The molecule has 0 aromatic heterocycles. The van der Waals surface area contributed by atoms with Gasteiger partial charge in [0, 0.05) is 31.4 Å². The number of benzene rings is 1. The lowest BCUT2D eigenvalue weighted by molar-refractivity contribution is -0.125. The van der Waals surface area contributed by atoms with Crippen LogP contribution in [0.3, 0.4) is 0 Å². The Kier molecular flexibility index (Phi) is 9.22. The van der Waals surface area contributed by atoms with E-state index in [0.29, 0.717) is 32.0 Å². The lowest BCUT2D eigenvalue weighted by Crippen LogP contribution is -2.59. The highest BCUT2D eigenvalue weighted by Crippen LogP contribution is 2.29. The molecule has 0 spiro atoms. The first kappa shape index (κ1) is 25.2. The highest BCUT2D eigenvalue weighted by Gasteiger charge is 2.49. The van der Waals surface area contributed by atoms with Gasteiger partial charge in [-0.1, -0.05) is 30.3 Å². The fraction of sp³-hybridized carbons (Fsp3) is 0.632. The minimum atomic E-state index is -3.47. The van der Waals surface area contributed by atoms with E-state index in [-0.39, 0.29) is 36.8 Å². The zero-order chi connectivity index (χ0) is 18.8. The molecule has 1 aromatic rings. The molecular formula is C19H31Cl2N3O3S. The van der Waals surface area contributed by atoms with E-state index >= 15 is 0 Å². The number of rotatable bonds is 5. The lowest BCUT2D eigenvalue weighted by atomic mass is 9.95. The van der Waals surface area contributed by atoms with Crippen molar-refractivity contribution in [3.8, 4) is 0 Å². The summed E-state index contributed by atoms with van der Waals surface area (Å²) in [7, 11) is -3.47. The molecule has 2 unspecified atom stereocenters. The number of hydrogen-bond donors (Lipinski definition) is 2. The van der Waals surface area contributed by atoms with Crippen molar-refractivity contribution in [3.63, 3.8) is 0 Å². The van der Waals surface area contributed by atoms with Crippen molar-refractivity contribution in [3.05, 3.63) is 35.9 Å². The van der Waals surface area contributed by atoms with Crippen molar-refractivity contribution in [1.29, 1.82) is 0 Å². The maximum absolute atomic E-state index is 13.0. The zero-order valence-electron chi connectivity index (χ0n) is 16.4. The summed E-state index contributed by atoms with van der Waals surface area (Å²) in [6.07, 6.45) is 2.72. The van der Waals surface area contributed by atoms with E-state index in [1.807, 2.05) is 18.2 Å². The normalized spacial score (nSPS) is 24.6. The summed E-state index contributed by atoms with van der Waals surface area (Å²) in [5.41, 5.74) is 1.25. The third-order valence-electron chi connectivity index (χ3n) is 5.80. The third kappa shape index (κ3) is 5.39. The number of carbonyl (C=O) groups excluding carboxylic acids is 1. The second-order valence-electron chi connectivity index (χ2n) is 7.69. The van der Waals surface area contributed by atoms with Crippen molar-refractivity contribution in [2.75, 3.05) is 25.9 Å². The summed E-state index contributed by atoms with van der Waals surface area (Å²) in [6, 6.07) is 10.6. The number of carbonyl (C=O) groups is 1. The van der Waals surface area contributed by atoms with Gasteiger partial charge in [-0.3, -0.25) is 9.69 Å². The fourth-order valence-electron chi connectivity index (χ4n) is 4.16. The van der Waals surface area contributed by atoms with E-state index in [1.54, 1.807) is 0 Å². The van der Waals surface area contributed by atoms with Crippen LogP contribution < -0.4 is 10.6 Å². The van der Waals surface area contributed by atoms with E-state index in [4.69, 9.17) is 0 Å². The van der Waals surface area contributed by atoms with Crippen molar-refractivity contribution < 1.29 is 13.2 Å². The number of hydrogen-bond acceptors (Lipinski definition) is 5. The molecule has 2 saturated heterocycles. The standard InChI is InChI=1S/C19H29N3O3S.2ClH/c1-15-12-17(14-22(15)13-16-6-4-3-5-7-16)21-18(23)19(26(2,24)25)8-10-20-11-9-19;;/h3-7,15,17,20H,8-14H2,1-2H3,(H,21,23);2*1H. The van der Waals surface area contributed by atoms with Gasteiger partial charge in [-0.25, -0.2) is 8.42 Å². The summed E-state index contributed by atoms with van der Waals surface area (Å²) >= 11 is 0. The number of amides is 1. The highest BCUT2D eigenvalue weighted by atomic mass is 35.5. The van der Waals surface area contributed by atoms with Gasteiger partial charge in [-0.2, -0.15) is 0 Å². The van der Waals surface area contributed by atoms with Gasteiger partial charge in [0.05, 0.1) is 0 Å². The number of halogens is 2. The first-order chi connectivity index (χ1) is 12.3. The smallest absolute Gasteiger partial charge is 0.241 e. The topological polar surface area (TPSA) is 78.5 Å². The van der Waals surface area contributed by atoms with Crippen LogP contribution in [-0.4, -0.2) is 61.9 Å². The number of sulfone groups is 1. The predicted octanol–water partition coefficient (Wildman–Crippen LogP) is 1.78. The predicted molar refractivity (Wildman–Crippen MR) is 117 cm³/mol. The van der Waals surface area contributed by atoms with Crippen LogP contribution >= 0.6 is 24.8 Å². The molecule has 1 aromatic carbocycles. The molecule has 0 bridgehead atoms. The fourth-order valence-corrected chi connectivity index (χ4v) is 5.50. The molecule has 0 aliphatic carbocycles. The molecule has 6 nitrogen and oxygen atoms in total. The molecule has 0 saturated carbocycles. The van der Waals surface area contributed by atoms with Gasteiger partial charge >= 0.3 is 0 Å². The van der Waals surface area contributed by atoms with Gasteiger partial charge in [0.1, 0.15) is 0 Å². The van der Waals surface area contributed by atoms with E-state index < -0.39 is 14.6 Å². The quantitative estimate of drug-likeness (QED) is 0.712. The second kappa shape index (κ2) is 10.3. The summed E-state index contributed by atoms with van der Waals surface area (Å²) in [5.74, 6) is -0.319. The molecule has 3 rings (SSSR count). The monoisotopic (exact) mass is 451 g/mol.